The number of amides is 1. The van der Waals surface area contributed by atoms with Crippen molar-refractivity contribution >= 4 is 39.5 Å². The number of aryl methyl sites for hydroxylation is 1. The van der Waals surface area contributed by atoms with Crippen LogP contribution in [0, 0.1) is 0 Å². The lowest BCUT2D eigenvalue weighted by Gasteiger charge is -2.10. The second-order valence-corrected chi connectivity index (χ2v) is 8.15. The Bertz CT molecular complexity index is 757. The van der Waals surface area contributed by atoms with Crippen LogP contribution in [0.15, 0.2) is 53.5 Å². The van der Waals surface area contributed by atoms with Crippen molar-refractivity contribution in [2.24, 2.45) is 4.99 Å². The Kier molecular flexibility index (Phi) is 6.59. The number of nitrogens with one attached hydrogen (secondary N) is 1. The van der Waals surface area contributed by atoms with Gasteiger partial charge in [-0.15, -0.1) is 0 Å². The summed E-state index contributed by atoms with van der Waals surface area (Å²) in [4.78, 5) is 17.1. The highest BCUT2D eigenvalue weighted by Crippen LogP contribution is 2.26. The molecule has 130 valence electrons. The maximum absolute atomic E-state index is 12.7. The van der Waals surface area contributed by atoms with E-state index in [2.05, 4.69) is 29.4 Å². The Balaban J connectivity index is 1.66. The molecule has 0 aromatic heterocycles. The molecule has 1 heterocycles. The predicted octanol–water partition coefficient (Wildman–Crippen LogP) is 5.23. The van der Waals surface area contributed by atoms with Crippen molar-refractivity contribution in [2.45, 2.75) is 25.5 Å². The monoisotopic (exact) mass is 370 g/mol. The molecule has 0 spiro atoms. The number of nitrogens with zero attached hydrogens (tertiary/aromatic N) is 1. The molecule has 2 aromatic carbocycles. The lowest BCUT2D eigenvalue weighted by atomic mass is 10.1. The summed E-state index contributed by atoms with van der Waals surface area (Å²) in [5.74, 6) is 1.78. The highest BCUT2D eigenvalue weighted by molar-refractivity contribution is 8.38. The molecular weight excluding hydrogens is 348 g/mol. The molecule has 3 rings (SSSR count). The summed E-state index contributed by atoms with van der Waals surface area (Å²) in [6.45, 7) is 3.07. The number of carbonyl (C=O) groups excluding carboxylic acids is 1. The third-order valence-corrected chi connectivity index (χ3v) is 6.22. The van der Waals surface area contributed by atoms with Crippen molar-refractivity contribution < 1.29 is 4.79 Å². The highest BCUT2D eigenvalue weighted by atomic mass is 32.2. The van der Waals surface area contributed by atoms with Crippen molar-refractivity contribution in [1.29, 1.82) is 0 Å². The number of aliphatic imine (C=N–C) groups is 1. The summed E-state index contributed by atoms with van der Waals surface area (Å²) in [7, 11) is 0. The van der Waals surface area contributed by atoms with E-state index < -0.39 is 0 Å². The van der Waals surface area contributed by atoms with Crippen molar-refractivity contribution in [2.75, 3.05) is 17.6 Å². The van der Waals surface area contributed by atoms with Crippen molar-refractivity contribution in [3.05, 3.63) is 65.2 Å². The van der Waals surface area contributed by atoms with Crippen LogP contribution in [-0.4, -0.2) is 22.6 Å². The van der Waals surface area contributed by atoms with Gasteiger partial charge in [-0.2, -0.15) is 0 Å². The van der Waals surface area contributed by atoms with E-state index in [9.17, 15) is 4.79 Å². The smallest absolute Gasteiger partial charge is 0.255 e. The van der Waals surface area contributed by atoms with Gasteiger partial charge in [0.05, 0.1) is 6.54 Å². The third kappa shape index (κ3) is 5.13. The van der Waals surface area contributed by atoms with Crippen LogP contribution >= 0.6 is 23.5 Å². The van der Waals surface area contributed by atoms with Crippen molar-refractivity contribution in [3.8, 4) is 0 Å². The van der Waals surface area contributed by atoms with E-state index in [4.69, 9.17) is 0 Å². The van der Waals surface area contributed by atoms with E-state index in [0.717, 1.165) is 52.1 Å². The molecular formula is C20H22N2OS2. The van der Waals surface area contributed by atoms with Gasteiger partial charge < -0.3 is 5.32 Å². The Morgan fingerprint density at radius 2 is 2.00 bits per heavy atom. The molecule has 1 N–H and O–H groups in total. The van der Waals surface area contributed by atoms with Crippen LogP contribution in [0.1, 0.15) is 34.8 Å². The third-order valence-electron chi connectivity index (χ3n) is 3.92. The van der Waals surface area contributed by atoms with Gasteiger partial charge in [-0.1, -0.05) is 67.2 Å². The minimum absolute atomic E-state index is 0.0551. The van der Waals surface area contributed by atoms with Gasteiger partial charge in [0.2, 0.25) is 0 Å². The molecule has 1 amide bonds. The number of hydrogen-bond donors (Lipinski definition) is 1. The molecule has 5 heteroatoms. The molecule has 3 nitrogen and oxygen atoms in total. The molecule has 0 saturated heterocycles. The summed E-state index contributed by atoms with van der Waals surface area (Å²) in [6.07, 6.45) is 2.19. The van der Waals surface area contributed by atoms with Gasteiger partial charge in [-0.05, 0) is 35.7 Å². The quantitative estimate of drug-likeness (QED) is 0.757. The Morgan fingerprint density at radius 1 is 1.20 bits per heavy atom. The number of hydrogen-bond acceptors (Lipinski definition) is 4. The van der Waals surface area contributed by atoms with Crippen LogP contribution in [0.2, 0.25) is 0 Å². The van der Waals surface area contributed by atoms with E-state index >= 15 is 0 Å². The first-order valence-electron chi connectivity index (χ1n) is 8.54. The topological polar surface area (TPSA) is 41.5 Å². The van der Waals surface area contributed by atoms with Gasteiger partial charge in [0.15, 0.2) is 0 Å². The molecule has 1 aliphatic heterocycles. The lowest BCUT2D eigenvalue weighted by molar-refractivity contribution is 0.102. The van der Waals surface area contributed by atoms with E-state index in [1.165, 1.54) is 5.56 Å². The first-order valence-corrected chi connectivity index (χ1v) is 10.5. The number of anilines is 1. The standard InChI is InChI=1S/C20H22N2OS2/c1-2-5-15-8-10-17(11-9-15)22-19(23)18-7-4-3-6-16(18)14-25-20-21-12-13-24-20/h3-4,6-11H,2,5,12-14H2,1H3,(H,22,23). The van der Waals surface area contributed by atoms with Crippen molar-refractivity contribution in [3.63, 3.8) is 0 Å². The summed E-state index contributed by atoms with van der Waals surface area (Å²) < 4.78 is 1.13. The van der Waals surface area contributed by atoms with Gasteiger partial charge in [0.25, 0.3) is 5.91 Å². The van der Waals surface area contributed by atoms with Crippen LogP contribution in [0.25, 0.3) is 0 Å². The molecule has 0 aliphatic carbocycles. The second kappa shape index (κ2) is 9.11. The van der Waals surface area contributed by atoms with Crippen LogP contribution in [0.4, 0.5) is 5.69 Å². The van der Waals surface area contributed by atoms with Gasteiger partial charge in [-0.25, -0.2) is 0 Å². The maximum Gasteiger partial charge on any atom is 0.255 e. The van der Waals surface area contributed by atoms with Gasteiger partial charge >= 0.3 is 0 Å². The first-order chi connectivity index (χ1) is 12.3. The summed E-state index contributed by atoms with van der Waals surface area (Å²) >= 11 is 3.51. The molecule has 1 aliphatic rings. The van der Waals surface area contributed by atoms with E-state index in [-0.39, 0.29) is 5.91 Å². The zero-order valence-electron chi connectivity index (χ0n) is 14.3. The summed E-state index contributed by atoms with van der Waals surface area (Å²) in [5, 5.41) is 3.01. The SMILES string of the molecule is CCCc1ccc(NC(=O)c2ccccc2CSC2=NCCS2)cc1. The van der Waals surface area contributed by atoms with E-state index in [0.29, 0.717) is 0 Å². The predicted molar refractivity (Wildman–Crippen MR) is 111 cm³/mol. The fourth-order valence-electron chi connectivity index (χ4n) is 2.65. The molecule has 25 heavy (non-hydrogen) atoms. The van der Waals surface area contributed by atoms with Gasteiger partial charge in [0, 0.05) is 22.8 Å². The normalized spacial score (nSPS) is 13.6. The summed E-state index contributed by atoms with van der Waals surface area (Å²) in [6, 6.07) is 15.9. The van der Waals surface area contributed by atoms with Crippen LogP contribution < -0.4 is 5.32 Å². The van der Waals surface area contributed by atoms with E-state index in [1.54, 1.807) is 23.5 Å². The zero-order chi connectivity index (χ0) is 17.5. The fraction of sp³-hybridized carbons (Fsp3) is 0.300. The minimum Gasteiger partial charge on any atom is -0.322 e. The van der Waals surface area contributed by atoms with Crippen LogP contribution in [-0.2, 0) is 12.2 Å². The number of benzene rings is 2. The van der Waals surface area contributed by atoms with Crippen molar-refractivity contribution in [1.82, 2.24) is 0 Å². The molecule has 0 bridgehead atoms. The molecule has 0 atom stereocenters. The molecule has 0 unspecified atom stereocenters. The lowest BCUT2D eigenvalue weighted by Crippen LogP contribution is -2.14. The first kappa shape index (κ1) is 18.1. The molecule has 2 aromatic rings. The minimum atomic E-state index is -0.0551. The average Bonchev–Trinajstić information content (AvgIpc) is 3.16. The molecule has 0 saturated carbocycles. The largest absolute Gasteiger partial charge is 0.322 e. The van der Waals surface area contributed by atoms with Crippen LogP contribution in [0.5, 0.6) is 0 Å². The summed E-state index contributed by atoms with van der Waals surface area (Å²) in [5.41, 5.74) is 3.91. The number of carbonyl (C=O) groups is 1. The number of rotatable bonds is 6. The fourth-order valence-corrected chi connectivity index (χ4v) is 4.67. The number of thioether (sulfide) groups is 2. The Labute approximate surface area is 157 Å². The second-order valence-electron chi connectivity index (χ2n) is 5.84. The highest BCUT2D eigenvalue weighted by Gasteiger charge is 2.14. The molecule has 0 radical (unpaired) electrons. The molecule has 0 fully saturated rings. The average molecular weight is 371 g/mol. The Morgan fingerprint density at radius 3 is 2.72 bits per heavy atom. The Hall–Kier alpha value is -1.72. The maximum atomic E-state index is 12.7. The zero-order valence-corrected chi connectivity index (χ0v) is 16.0. The van der Waals surface area contributed by atoms with Crippen LogP contribution in [0.3, 0.4) is 0 Å². The van der Waals surface area contributed by atoms with Gasteiger partial charge in [0.1, 0.15) is 4.38 Å². The van der Waals surface area contributed by atoms with Gasteiger partial charge in [-0.3, -0.25) is 9.79 Å². The van der Waals surface area contributed by atoms with E-state index in [1.807, 2.05) is 36.4 Å².